The number of methoxy groups -OCH3 is 1. The summed E-state index contributed by atoms with van der Waals surface area (Å²) in [4.78, 5) is 29.9. The second-order valence-corrected chi connectivity index (χ2v) is 5.76. The van der Waals surface area contributed by atoms with Crippen molar-refractivity contribution in [2.45, 2.75) is 12.8 Å². The van der Waals surface area contributed by atoms with Crippen molar-refractivity contribution in [1.29, 1.82) is 0 Å². The van der Waals surface area contributed by atoms with Crippen molar-refractivity contribution in [1.82, 2.24) is 15.2 Å². The van der Waals surface area contributed by atoms with Crippen LogP contribution in [0.4, 0.5) is 11.6 Å². The predicted octanol–water partition coefficient (Wildman–Crippen LogP) is 0.767. The maximum atomic E-state index is 12.5. The van der Waals surface area contributed by atoms with Crippen LogP contribution in [0.5, 0.6) is 0 Å². The van der Waals surface area contributed by atoms with Gasteiger partial charge in [0, 0.05) is 19.3 Å². The fourth-order valence-electron chi connectivity index (χ4n) is 2.84. The molecule has 2 aromatic rings. The Labute approximate surface area is 139 Å². The van der Waals surface area contributed by atoms with Crippen LogP contribution in [-0.4, -0.2) is 47.8 Å². The highest BCUT2D eigenvalue weighted by atomic mass is 16.5. The Morgan fingerprint density at radius 2 is 2.21 bits per heavy atom. The Hall–Kier alpha value is -2.90. The summed E-state index contributed by atoms with van der Waals surface area (Å²) in [5.74, 6) is -0.231. The number of ether oxygens (including phenoxy) is 1. The Morgan fingerprint density at radius 3 is 3.00 bits per heavy atom. The summed E-state index contributed by atoms with van der Waals surface area (Å²) in [6, 6.07) is 8.05. The number of para-hydroxylation sites is 1. The van der Waals surface area contributed by atoms with E-state index in [2.05, 4.69) is 36.2 Å². The number of rotatable bonds is 4. The zero-order chi connectivity index (χ0) is 17.1. The topological polar surface area (TPSA) is 100 Å². The highest BCUT2D eigenvalue weighted by Gasteiger charge is 2.28. The van der Waals surface area contributed by atoms with E-state index >= 15 is 0 Å². The van der Waals surface area contributed by atoms with Gasteiger partial charge in [-0.05, 0) is 18.1 Å². The number of hydrogen-bond acceptors (Lipinski definition) is 6. The molecule has 1 atom stereocenters. The Morgan fingerprint density at radius 1 is 1.42 bits per heavy atom. The highest BCUT2D eigenvalue weighted by molar-refractivity contribution is 5.92. The molecule has 0 bridgehead atoms. The average Bonchev–Trinajstić information content (AvgIpc) is 3.01. The van der Waals surface area contributed by atoms with E-state index in [1.54, 1.807) is 0 Å². The maximum absolute atomic E-state index is 12.5. The van der Waals surface area contributed by atoms with Gasteiger partial charge in [-0.1, -0.05) is 18.2 Å². The van der Waals surface area contributed by atoms with E-state index < -0.39 is 5.97 Å². The third-order valence-electron chi connectivity index (χ3n) is 4.04. The number of aromatic amines is 1. The Bertz CT molecular complexity index is 758. The quantitative estimate of drug-likeness (QED) is 0.804. The van der Waals surface area contributed by atoms with Gasteiger partial charge in [0.05, 0.1) is 13.0 Å². The van der Waals surface area contributed by atoms with E-state index in [1.165, 1.54) is 7.11 Å². The van der Waals surface area contributed by atoms with Crippen molar-refractivity contribution < 1.29 is 14.3 Å². The number of carbonyl (C=O) groups excluding carboxylic acids is 2. The molecule has 8 nitrogen and oxygen atoms in total. The highest BCUT2D eigenvalue weighted by Crippen LogP contribution is 2.28. The van der Waals surface area contributed by atoms with Gasteiger partial charge in [0.2, 0.25) is 11.9 Å². The molecule has 0 saturated heterocycles. The second-order valence-electron chi connectivity index (χ2n) is 5.76. The van der Waals surface area contributed by atoms with Crippen molar-refractivity contribution in [3.05, 3.63) is 35.7 Å². The van der Waals surface area contributed by atoms with Crippen LogP contribution < -0.4 is 10.2 Å². The number of nitrogens with one attached hydrogen (secondary N) is 2. The van der Waals surface area contributed by atoms with E-state index in [4.69, 9.17) is 0 Å². The van der Waals surface area contributed by atoms with Crippen LogP contribution >= 0.6 is 0 Å². The van der Waals surface area contributed by atoms with Crippen LogP contribution in [-0.2, 0) is 27.2 Å². The lowest BCUT2D eigenvalue weighted by molar-refractivity contribution is -0.139. The van der Waals surface area contributed by atoms with E-state index in [-0.39, 0.29) is 24.2 Å². The minimum absolute atomic E-state index is 0.0150. The summed E-state index contributed by atoms with van der Waals surface area (Å²) >= 11 is 0. The minimum Gasteiger partial charge on any atom is -0.469 e. The lowest BCUT2D eigenvalue weighted by atomic mass is 9.92. The number of nitrogens with zero attached hydrogens (tertiary/aromatic N) is 3. The first-order valence-corrected chi connectivity index (χ1v) is 7.65. The molecule has 0 unspecified atom stereocenters. The molecular formula is C16H19N5O3. The summed E-state index contributed by atoms with van der Waals surface area (Å²) in [6.07, 6.45) is 0.657. The van der Waals surface area contributed by atoms with Crippen molar-refractivity contribution >= 4 is 23.5 Å². The first kappa shape index (κ1) is 16.0. The molecule has 0 saturated carbocycles. The number of fused-ring (bicyclic) bond motifs is 1. The normalized spacial score (nSPS) is 16.4. The standard InChI is InChI=1S/C16H19N5O3/c1-21-9-11(7-10-5-3-4-6-12(10)21)15(23)18-16-17-13(19-20-16)8-14(22)24-2/h3-6,11H,7-9H2,1-2H3,(H2,17,18,19,20,23)/t11-/m1/s1. The Kier molecular flexibility index (Phi) is 4.45. The molecule has 1 amide bonds. The van der Waals surface area contributed by atoms with Gasteiger partial charge in [0.25, 0.3) is 0 Å². The smallest absolute Gasteiger partial charge is 0.313 e. The third kappa shape index (κ3) is 3.37. The number of amides is 1. The van der Waals surface area contributed by atoms with Gasteiger partial charge in [-0.15, -0.1) is 5.10 Å². The van der Waals surface area contributed by atoms with E-state index in [0.29, 0.717) is 18.8 Å². The number of carbonyl (C=O) groups is 2. The monoisotopic (exact) mass is 329 g/mol. The third-order valence-corrected chi connectivity index (χ3v) is 4.04. The number of hydrogen-bond donors (Lipinski definition) is 2. The minimum atomic E-state index is -0.422. The van der Waals surface area contributed by atoms with Gasteiger partial charge in [0.15, 0.2) is 0 Å². The van der Waals surface area contributed by atoms with Crippen LogP contribution in [0.1, 0.15) is 11.4 Å². The number of anilines is 2. The van der Waals surface area contributed by atoms with Gasteiger partial charge in [0.1, 0.15) is 12.2 Å². The molecule has 0 radical (unpaired) electrons. The number of esters is 1. The maximum Gasteiger partial charge on any atom is 0.313 e. The molecule has 126 valence electrons. The van der Waals surface area contributed by atoms with Crippen LogP contribution in [0.25, 0.3) is 0 Å². The number of benzene rings is 1. The molecule has 2 N–H and O–H groups in total. The zero-order valence-corrected chi connectivity index (χ0v) is 13.6. The van der Waals surface area contributed by atoms with Gasteiger partial charge in [-0.2, -0.15) is 4.98 Å². The average molecular weight is 329 g/mol. The summed E-state index contributed by atoms with van der Waals surface area (Å²) in [6.45, 7) is 0.627. The van der Waals surface area contributed by atoms with Crippen LogP contribution in [0, 0.1) is 5.92 Å². The predicted molar refractivity (Wildman–Crippen MR) is 87.6 cm³/mol. The molecule has 0 fully saturated rings. The van der Waals surface area contributed by atoms with Crippen molar-refractivity contribution in [3.8, 4) is 0 Å². The van der Waals surface area contributed by atoms with Crippen LogP contribution in [0.15, 0.2) is 24.3 Å². The second kappa shape index (κ2) is 6.69. The molecule has 0 aliphatic carbocycles. The first-order valence-electron chi connectivity index (χ1n) is 7.65. The van der Waals surface area contributed by atoms with E-state index in [9.17, 15) is 9.59 Å². The van der Waals surface area contributed by atoms with Gasteiger partial charge < -0.3 is 9.64 Å². The molecule has 0 spiro atoms. The van der Waals surface area contributed by atoms with Crippen molar-refractivity contribution in [2.75, 3.05) is 30.9 Å². The van der Waals surface area contributed by atoms with Crippen LogP contribution in [0.2, 0.25) is 0 Å². The molecule has 1 aliphatic heterocycles. The number of H-pyrrole nitrogens is 1. The van der Waals surface area contributed by atoms with Gasteiger partial charge in [-0.3, -0.25) is 20.0 Å². The van der Waals surface area contributed by atoms with Crippen LogP contribution in [0.3, 0.4) is 0 Å². The summed E-state index contributed by atoms with van der Waals surface area (Å²) < 4.78 is 4.57. The van der Waals surface area contributed by atoms with Crippen molar-refractivity contribution in [2.24, 2.45) is 5.92 Å². The van der Waals surface area contributed by atoms with E-state index in [0.717, 1.165) is 11.3 Å². The van der Waals surface area contributed by atoms with Crippen molar-refractivity contribution in [3.63, 3.8) is 0 Å². The largest absolute Gasteiger partial charge is 0.469 e. The van der Waals surface area contributed by atoms with Gasteiger partial charge >= 0.3 is 5.97 Å². The summed E-state index contributed by atoms with van der Waals surface area (Å²) in [7, 11) is 3.28. The van der Waals surface area contributed by atoms with E-state index in [1.807, 2.05) is 25.2 Å². The van der Waals surface area contributed by atoms with Gasteiger partial charge in [-0.25, -0.2) is 0 Å². The molecule has 24 heavy (non-hydrogen) atoms. The fourth-order valence-corrected chi connectivity index (χ4v) is 2.84. The lowest BCUT2D eigenvalue weighted by Gasteiger charge is -2.32. The molecule has 1 aromatic carbocycles. The molecule has 8 heteroatoms. The Balaban J connectivity index is 1.65. The SMILES string of the molecule is COC(=O)Cc1nc(NC(=O)[C@@H]2Cc3ccccc3N(C)C2)n[nH]1. The first-order chi connectivity index (χ1) is 11.6. The lowest BCUT2D eigenvalue weighted by Crippen LogP contribution is -2.39. The summed E-state index contributed by atoms with van der Waals surface area (Å²) in [5.41, 5.74) is 2.30. The fraction of sp³-hybridized carbons (Fsp3) is 0.375. The zero-order valence-electron chi connectivity index (χ0n) is 13.6. The molecular weight excluding hydrogens is 310 g/mol. The summed E-state index contributed by atoms with van der Waals surface area (Å²) in [5, 5.41) is 9.23. The molecule has 1 aromatic heterocycles. The molecule has 3 rings (SSSR count). The molecule has 1 aliphatic rings. The number of aromatic nitrogens is 3. The molecule has 2 heterocycles.